The van der Waals surface area contributed by atoms with E-state index in [4.69, 9.17) is 5.73 Å². The second kappa shape index (κ2) is 6.28. The molecule has 3 N–H and O–H groups in total. The van der Waals surface area contributed by atoms with E-state index < -0.39 is 10.0 Å². The van der Waals surface area contributed by atoms with Gasteiger partial charge in [0.1, 0.15) is 0 Å². The Kier molecular flexibility index (Phi) is 4.65. The highest BCUT2D eigenvalue weighted by Gasteiger charge is 2.16. The summed E-state index contributed by atoms with van der Waals surface area (Å²) >= 11 is 0. The largest absolute Gasteiger partial charge is 0.399 e. The number of rotatable bonds is 5. The predicted octanol–water partition coefficient (Wildman–Crippen LogP) is 2.76. The van der Waals surface area contributed by atoms with Crippen molar-refractivity contribution in [1.82, 2.24) is 4.72 Å². The van der Waals surface area contributed by atoms with Crippen molar-refractivity contribution in [3.63, 3.8) is 0 Å². The van der Waals surface area contributed by atoms with Gasteiger partial charge < -0.3 is 5.73 Å². The zero-order valence-electron chi connectivity index (χ0n) is 12.2. The molecule has 0 heterocycles. The van der Waals surface area contributed by atoms with Crippen LogP contribution in [-0.4, -0.2) is 8.42 Å². The lowest BCUT2D eigenvalue weighted by Crippen LogP contribution is -2.28. The van der Waals surface area contributed by atoms with Crippen LogP contribution in [0.5, 0.6) is 0 Å². The van der Waals surface area contributed by atoms with Gasteiger partial charge in [-0.3, -0.25) is 0 Å². The van der Waals surface area contributed by atoms with Crippen LogP contribution in [-0.2, 0) is 15.8 Å². The molecule has 4 nitrogen and oxygen atoms in total. The Hall–Kier alpha value is -1.85. The molecule has 1 atom stereocenters. The van der Waals surface area contributed by atoms with E-state index in [1.165, 1.54) is 0 Å². The molecule has 0 bridgehead atoms. The molecule has 0 radical (unpaired) electrons. The number of hydrogen-bond acceptors (Lipinski definition) is 3. The zero-order valence-corrected chi connectivity index (χ0v) is 13.0. The minimum atomic E-state index is -3.41. The van der Waals surface area contributed by atoms with Gasteiger partial charge in [-0.2, -0.15) is 0 Å². The lowest BCUT2D eigenvalue weighted by molar-refractivity contribution is 0.566. The fourth-order valence-electron chi connectivity index (χ4n) is 2.14. The second-order valence-corrected chi connectivity index (χ2v) is 7.01. The quantitative estimate of drug-likeness (QED) is 0.834. The van der Waals surface area contributed by atoms with E-state index in [-0.39, 0.29) is 11.8 Å². The van der Waals surface area contributed by atoms with E-state index >= 15 is 0 Å². The molecule has 0 aliphatic rings. The van der Waals surface area contributed by atoms with Crippen LogP contribution in [0.15, 0.2) is 48.5 Å². The van der Waals surface area contributed by atoms with Crippen LogP contribution in [0.3, 0.4) is 0 Å². The maximum Gasteiger partial charge on any atom is 0.216 e. The zero-order chi connectivity index (χ0) is 15.5. The Morgan fingerprint density at radius 1 is 1.14 bits per heavy atom. The Balaban J connectivity index is 2.08. The van der Waals surface area contributed by atoms with E-state index in [1.807, 2.05) is 38.1 Å². The minimum Gasteiger partial charge on any atom is -0.399 e. The lowest BCUT2D eigenvalue weighted by atomic mass is 10.1. The molecular weight excluding hydrogens is 284 g/mol. The van der Waals surface area contributed by atoms with Crippen LogP contribution in [0.1, 0.15) is 29.7 Å². The average molecular weight is 304 g/mol. The third-order valence-electron chi connectivity index (χ3n) is 3.24. The second-order valence-electron chi connectivity index (χ2n) is 5.25. The normalized spacial score (nSPS) is 13.0. The third-order valence-corrected chi connectivity index (χ3v) is 4.67. The maximum absolute atomic E-state index is 12.2. The van der Waals surface area contributed by atoms with Crippen LogP contribution < -0.4 is 10.5 Å². The van der Waals surface area contributed by atoms with Gasteiger partial charge in [0.25, 0.3) is 0 Å². The molecule has 1 unspecified atom stereocenters. The summed E-state index contributed by atoms with van der Waals surface area (Å²) in [6.07, 6.45) is 0. The summed E-state index contributed by atoms with van der Waals surface area (Å²) in [5.41, 5.74) is 9.00. The maximum atomic E-state index is 12.2. The predicted molar refractivity (Wildman–Crippen MR) is 86.2 cm³/mol. The minimum absolute atomic E-state index is 0.0752. The molecule has 0 spiro atoms. The molecular formula is C16H20N2O2S. The van der Waals surface area contributed by atoms with Crippen molar-refractivity contribution in [1.29, 1.82) is 0 Å². The fraction of sp³-hybridized carbons (Fsp3) is 0.250. The standard InChI is InChI=1S/C16H20N2O2S/c1-12-6-8-15(9-7-12)13(2)18-21(19,20)11-14-4-3-5-16(17)10-14/h3-10,13,18H,11,17H2,1-2H3. The molecule has 2 aromatic carbocycles. The topological polar surface area (TPSA) is 72.2 Å². The fourth-order valence-corrected chi connectivity index (χ4v) is 3.51. The van der Waals surface area contributed by atoms with Crippen molar-refractivity contribution >= 4 is 15.7 Å². The Morgan fingerprint density at radius 2 is 1.81 bits per heavy atom. The lowest BCUT2D eigenvalue weighted by Gasteiger charge is -2.15. The van der Waals surface area contributed by atoms with Gasteiger partial charge in [-0.1, -0.05) is 42.0 Å². The number of nitrogens with one attached hydrogen (secondary N) is 1. The molecule has 0 aliphatic carbocycles. The van der Waals surface area contributed by atoms with E-state index in [1.54, 1.807) is 24.3 Å². The summed E-state index contributed by atoms with van der Waals surface area (Å²) < 4.78 is 27.1. The molecule has 0 saturated heterocycles. The monoisotopic (exact) mass is 304 g/mol. The van der Waals surface area contributed by atoms with Gasteiger partial charge in [0.05, 0.1) is 5.75 Å². The van der Waals surface area contributed by atoms with Gasteiger partial charge in [0.15, 0.2) is 0 Å². The molecule has 0 aromatic heterocycles. The summed E-state index contributed by atoms with van der Waals surface area (Å²) in [5, 5.41) is 0. The number of nitrogens with two attached hydrogens (primary N) is 1. The molecule has 2 rings (SSSR count). The number of anilines is 1. The Bertz CT molecular complexity index is 709. The van der Waals surface area contributed by atoms with Crippen LogP contribution in [0, 0.1) is 6.92 Å². The molecule has 112 valence electrons. The van der Waals surface area contributed by atoms with Crippen LogP contribution in [0.25, 0.3) is 0 Å². The highest BCUT2D eigenvalue weighted by molar-refractivity contribution is 7.88. The number of hydrogen-bond donors (Lipinski definition) is 2. The first-order chi connectivity index (χ1) is 9.85. The van der Waals surface area contributed by atoms with Crippen molar-refractivity contribution in [2.75, 3.05) is 5.73 Å². The van der Waals surface area contributed by atoms with Crippen LogP contribution >= 0.6 is 0 Å². The summed E-state index contributed by atoms with van der Waals surface area (Å²) in [7, 11) is -3.41. The average Bonchev–Trinajstić information content (AvgIpc) is 2.38. The molecule has 21 heavy (non-hydrogen) atoms. The summed E-state index contributed by atoms with van der Waals surface area (Å²) in [4.78, 5) is 0. The van der Waals surface area contributed by atoms with Gasteiger partial charge in [-0.25, -0.2) is 13.1 Å². The smallest absolute Gasteiger partial charge is 0.216 e. The summed E-state index contributed by atoms with van der Waals surface area (Å²) in [6, 6.07) is 14.5. The SMILES string of the molecule is Cc1ccc(C(C)NS(=O)(=O)Cc2cccc(N)c2)cc1. The van der Waals surface area contributed by atoms with Gasteiger partial charge in [-0.15, -0.1) is 0 Å². The highest BCUT2D eigenvalue weighted by atomic mass is 32.2. The van der Waals surface area contributed by atoms with Crippen molar-refractivity contribution < 1.29 is 8.42 Å². The van der Waals surface area contributed by atoms with E-state index in [2.05, 4.69) is 4.72 Å². The Morgan fingerprint density at radius 3 is 2.43 bits per heavy atom. The van der Waals surface area contributed by atoms with E-state index in [9.17, 15) is 8.42 Å². The van der Waals surface area contributed by atoms with Gasteiger partial charge >= 0.3 is 0 Å². The molecule has 0 amide bonds. The third kappa shape index (κ3) is 4.58. The van der Waals surface area contributed by atoms with E-state index in [0.717, 1.165) is 11.1 Å². The van der Waals surface area contributed by atoms with Crippen LogP contribution in [0.4, 0.5) is 5.69 Å². The van der Waals surface area contributed by atoms with Crippen molar-refractivity contribution in [3.8, 4) is 0 Å². The van der Waals surface area contributed by atoms with Gasteiger partial charge in [-0.05, 0) is 37.1 Å². The van der Waals surface area contributed by atoms with Crippen molar-refractivity contribution in [2.45, 2.75) is 25.6 Å². The molecule has 0 saturated carbocycles. The van der Waals surface area contributed by atoms with E-state index in [0.29, 0.717) is 11.3 Å². The highest BCUT2D eigenvalue weighted by Crippen LogP contribution is 2.16. The molecule has 0 fully saturated rings. The first kappa shape index (κ1) is 15.5. The molecule has 2 aromatic rings. The van der Waals surface area contributed by atoms with Crippen molar-refractivity contribution in [3.05, 3.63) is 65.2 Å². The number of sulfonamides is 1. The van der Waals surface area contributed by atoms with Crippen molar-refractivity contribution in [2.24, 2.45) is 0 Å². The Labute approximate surface area is 126 Å². The number of benzene rings is 2. The number of aryl methyl sites for hydroxylation is 1. The summed E-state index contributed by atoms with van der Waals surface area (Å²) in [6.45, 7) is 3.83. The number of nitrogen functional groups attached to an aromatic ring is 1. The first-order valence-corrected chi connectivity index (χ1v) is 8.42. The van der Waals surface area contributed by atoms with Crippen LogP contribution in [0.2, 0.25) is 0 Å². The molecule has 5 heteroatoms. The van der Waals surface area contributed by atoms with Gasteiger partial charge in [0.2, 0.25) is 10.0 Å². The molecule has 0 aliphatic heterocycles. The summed E-state index contributed by atoms with van der Waals surface area (Å²) in [5.74, 6) is -0.0752. The van der Waals surface area contributed by atoms with Gasteiger partial charge in [0, 0.05) is 11.7 Å². The first-order valence-electron chi connectivity index (χ1n) is 6.77.